The van der Waals surface area contributed by atoms with Crippen LogP contribution in [0.1, 0.15) is 51.2 Å². The molecule has 0 bridgehead atoms. The summed E-state index contributed by atoms with van der Waals surface area (Å²) in [5.74, 6) is -0.795. The van der Waals surface area contributed by atoms with Crippen molar-refractivity contribution in [3.63, 3.8) is 0 Å². The molecule has 2 aromatic carbocycles. The molecule has 3 saturated heterocycles. The summed E-state index contributed by atoms with van der Waals surface area (Å²) in [4.78, 5) is 28.9. The quantitative estimate of drug-likeness (QED) is 0.642. The molecular formula is C28H35N3O4. The van der Waals surface area contributed by atoms with Gasteiger partial charge in [-0.3, -0.25) is 9.59 Å². The van der Waals surface area contributed by atoms with E-state index < -0.39 is 23.7 Å². The topological polar surface area (TPSA) is 73.3 Å². The second-order valence-corrected chi connectivity index (χ2v) is 10.4. The Balaban J connectivity index is 1.57. The Labute approximate surface area is 207 Å². The highest BCUT2D eigenvalue weighted by Gasteiger charge is 2.58. The summed E-state index contributed by atoms with van der Waals surface area (Å²) in [5.41, 5.74) is 0.975. The lowest BCUT2D eigenvalue weighted by Crippen LogP contribution is -2.65. The summed E-state index contributed by atoms with van der Waals surface area (Å²) in [6, 6.07) is 17.9. The molecule has 0 saturated carbocycles. The first-order valence-corrected chi connectivity index (χ1v) is 12.6. The van der Waals surface area contributed by atoms with Gasteiger partial charge in [-0.2, -0.15) is 0 Å². The number of aliphatic hydroxyl groups excluding tert-OH is 1. The molecule has 3 heterocycles. The van der Waals surface area contributed by atoms with Crippen LogP contribution in [0.2, 0.25) is 0 Å². The molecule has 0 aliphatic carbocycles. The van der Waals surface area contributed by atoms with Crippen molar-refractivity contribution in [1.82, 2.24) is 10.0 Å². The monoisotopic (exact) mass is 477 g/mol. The maximum Gasteiger partial charge on any atom is 0.253 e. The molecule has 3 aliphatic rings. The van der Waals surface area contributed by atoms with Crippen molar-refractivity contribution in [2.24, 2.45) is 5.92 Å². The Morgan fingerprint density at radius 3 is 2.26 bits per heavy atom. The number of hydrogen-bond acceptors (Lipinski definition) is 6. The number of amides is 2. The van der Waals surface area contributed by atoms with E-state index in [-0.39, 0.29) is 23.9 Å². The van der Waals surface area contributed by atoms with Crippen LogP contribution < -0.4 is 4.90 Å². The van der Waals surface area contributed by atoms with Crippen LogP contribution in [0.25, 0.3) is 0 Å². The Morgan fingerprint density at radius 2 is 1.60 bits per heavy atom. The first-order valence-electron chi connectivity index (χ1n) is 12.6. The summed E-state index contributed by atoms with van der Waals surface area (Å²) in [6.07, 6.45) is 2.29. The number of para-hydroxylation sites is 1. The molecule has 2 aromatic rings. The van der Waals surface area contributed by atoms with Crippen LogP contribution in [0.5, 0.6) is 0 Å². The van der Waals surface area contributed by atoms with Crippen LogP contribution >= 0.6 is 0 Å². The number of benzene rings is 2. The minimum Gasteiger partial charge on any atom is -0.387 e. The Kier molecular flexibility index (Phi) is 6.53. The first kappa shape index (κ1) is 24.1. The van der Waals surface area contributed by atoms with Crippen LogP contribution in [0.3, 0.4) is 0 Å². The highest BCUT2D eigenvalue weighted by Crippen LogP contribution is 2.44. The lowest BCUT2D eigenvalue weighted by Gasteiger charge is -2.51. The van der Waals surface area contributed by atoms with Gasteiger partial charge in [0.15, 0.2) is 0 Å². The number of methoxy groups -OCH3 is 1. The molecule has 5 atom stereocenters. The van der Waals surface area contributed by atoms with Crippen LogP contribution in [0, 0.1) is 5.92 Å². The Morgan fingerprint density at radius 1 is 0.943 bits per heavy atom. The van der Waals surface area contributed by atoms with Gasteiger partial charge in [-0.05, 0) is 57.2 Å². The highest BCUT2D eigenvalue weighted by atomic mass is 16.5. The summed E-state index contributed by atoms with van der Waals surface area (Å²) in [6.45, 7) is 4.89. The fourth-order valence-electron chi connectivity index (χ4n) is 6.21. The number of aliphatic hydroxyl groups is 1. The van der Waals surface area contributed by atoms with E-state index in [4.69, 9.17) is 4.74 Å². The summed E-state index contributed by atoms with van der Waals surface area (Å²) >= 11 is 0. The van der Waals surface area contributed by atoms with E-state index in [1.807, 2.05) is 48.5 Å². The predicted molar refractivity (Wildman–Crippen MR) is 133 cm³/mol. The number of hydrazine groups is 1. The molecule has 7 nitrogen and oxygen atoms in total. The summed E-state index contributed by atoms with van der Waals surface area (Å²) < 4.78 is 5.88. The van der Waals surface area contributed by atoms with Gasteiger partial charge in [0.25, 0.3) is 5.91 Å². The zero-order valence-corrected chi connectivity index (χ0v) is 20.7. The van der Waals surface area contributed by atoms with Gasteiger partial charge in [0.05, 0.1) is 35.4 Å². The third-order valence-electron chi connectivity index (χ3n) is 8.16. The molecular weight excluding hydrogens is 442 g/mol. The van der Waals surface area contributed by atoms with E-state index in [2.05, 4.69) is 23.9 Å². The van der Waals surface area contributed by atoms with Gasteiger partial charge in [0, 0.05) is 13.7 Å². The number of hydrogen-bond donors (Lipinski definition) is 1. The van der Waals surface area contributed by atoms with E-state index >= 15 is 0 Å². The average Bonchev–Trinajstić information content (AvgIpc) is 3.48. The third kappa shape index (κ3) is 4.10. The smallest absolute Gasteiger partial charge is 0.253 e. The number of fused-ring (bicyclic) bond motifs is 1. The van der Waals surface area contributed by atoms with Crippen LogP contribution in [0.15, 0.2) is 60.7 Å². The number of rotatable bonds is 6. The number of nitrogens with zero attached hydrogens (tertiary/aromatic N) is 3. The highest BCUT2D eigenvalue weighted by molar-refractivity contribution is 6.23. The summed E-state index contributed by atoms with van der Waals surface area (Å²) in [5, 5.41) is 15.9. The Hall–Kier alpha value is -2.58. The molecule has 0 radical (unpaired) electrons. The minimum absolute atomic E-state index is 0.0328. The van der Waals surface area contributed by atoms with Crippen LogP contribution in [-0.4, -0.2) is 64.3 Å². The van der Waals surface area contributed by atoms with Crippen molar-refractivity contribution in [2.75, 3.05) is 18.6 Å². The fourth-order valence-corrected chi connectivity index (χ4v) is 6.21. The van der Waals surface area contributed by atoms with E-state index in [0.29, 0.717) is 18.5 Å². The number of carbonyl (C=O) groups excluding carboxylic acids is 2. The molecule has 35 heavy (non-hydrogen) atoms. The first-order chi connectivity index (χ1) is 16.8. The van der Waals surface area contributed by atoms with Gasteiger partial charge in [0.2, 0.25) is 5.91 Å². The predicted octanol–water partition coefficient (Wildman–Crippen LogP) is 3.55. The van der Waals surface area contributed by atoms with E-state index in [9.17, 15) is 14.7 Å². The number of ether oxygens (including phenoxy) is 1. The van der Waals surface area contributed by atoms with E-state index in [0.717, 1.165) is 24.9 Å². The van der Waals surface area contributed by atoms with Crippen molar-refractivity contribution in [3.05, 3.63) is 66.2 Å². The molecule has 7 heteroatoms. The molecule has 0 spiro atoms. The van der Waals surface area contributed by atoms with Gasteiger partial charge in [0.1, 0.15) is 6.04 Å². The second kappa shape index (κ2) is 9.47. The maximum atomic E-state index is 14.0. The van der Waals surface area contributed by atoms with Gasteiger partial charge in [-0.15, -0.1) is 0 Å². The molecule has 1 N–H and O–H groups in total. The maximum absolute atomic E-state index is 14.0. The Bertz CT molecular complexity index is 1060. The van der Waals surface area contributed by atoms with Gasteiger partial charge in [-0.1, -0.05) is 48.5 Å². The second-order valence-electron chi connectivity index (χ2n) is 10.4. The number of piperidine rings is 1. The standard InChI is InChI=1S/C28H35N3O4/c1-28(2,35-3)23-15-10-18-29(23)31-22(25(32)19-11-6-4-7-12-19)17-16-21-24(31)27(34)30(26(21)33)20-13-8-5-9-14-20/h4-9,11-14,21-25,32H,10,15-18H2,1-3H3/t21-,22-,23+,24+,25-/m0/s1. The summed E-state index contributed by atoms with van der Waals surface area (Å²) in [7, 11) is 1.72. The van der Waals surface area contributed by atoms with Gasteiger partial charge < -0.3 is 9.84 Å². The zero-order chi connectivity index (χ0) is 24.7. The lowest BCUT2D eigenvalue weighted by molar-refractivity contribution is -0.192. The number of carbonyl (C=O) groups is 2. The van der Waals surface area contributed by atoms with Crippen molar-refractivity contribution in [2.45, 2.75) is 69.4 Å². The van der Waals surface area contributed by atoms with Gasteiger partial charge in [-0.25, -0.2) is 14.9 Å². The number of anilines is 1. The SMILES string of the molecule is COC(C)(C)[C@H]1CCCN1N1[C@H]([C@@H](O)c2ccccc2)CC[C@@H]2C(=O)N(c3ccccc3)C(=O)[C@@H]21. The third-order valence-corrected chi connectivity index (χ3v) is 8.16. The molecule has 186 valence electrons. The fraction of sp³-hybridized carbons (Fsp3) is 0.500. The molecule has 3 fully saturated rings. The zero-order valence-electron chi connectivity index (χ0n) is 20.7. The molecule has 0 unspecified atom stereocenters. The van der Waals surface area contributed by atoms with Gasteiger partial charge >= 0.3 is 0 Å². The molecule has 5 rings (SSSR count). The van der Waals surface area contributed by atoms with Crippen molar-refractivity contribution < 1.29 is 19.4 Å². The lowest BCUT2D eigenvalue weighted by atomic mass is 9.84. The molecule has 2 amide bonds. The van der Waals surface area contributed by atoms with E-state index in [1.54, 1.807) is 19.2 Å². The van der Waals surface area contributed by atoms with Crippen molar-refractivity contribution in [1.29, 1.82) is 0 Å². The van der Waals surface area contributed by atoms with E-state index in [1.165, 1.54) is 4.90 Å². The van der Waals surface area contributed by atoms with Crippen LogP contribution in [-0.2, 0) is 14.3 Å². The molecule has 0 aromatic heterocycles. The normalized spacial score (nSPS) is 29.0. The van der Waals surface area contributed by atoms with Crippen LogP contribution in [0.4, 0.5) is 5.69 Å². The molecule has 3 aliphatic heterocycles. The number of imide groups is 1. The minimum atomic E-state index is -0.780. The largest absolute Gasteiger partial charge is 0.387 e. The van der Waals surface area contributed by atoms with Crippen molar-refractivity contribution in [3.8, 4) is 0 Å². The average molecular weight is 478 g/mol. The van der Waals surface area contributed by atoms with Crippen molar-refractivity contribution >= 4 is 17.5 Å².